The van der Waals surface area contributed by atoms with E-state index in [9.17, 15) is 12.8 Å². The van der Waals surface area contributed by atoms with E-state index in [1.54, 1.807) is 18.3 Å². The van der Waals surface area contributed by atoms with Crippen LogP contribution in [0.2, 0.25) is 5.02 Å². The number of hydrogen-bond acceptors (Lipinski definition) is 7. The summed E-state index contributed by atoms with van der Waals surface area (Å²) in [4.78, 5) is 12.7. The third-order valence-electron chi connectivity index (χ3n) is 5.30. The largest absolute Gasteiger partial charge is 0.386 e. The molecule has 0 unspecified atom stereocenters. The molecule has 1 aliphatic heterocycles. The topological polar surface area (TPSA) is 110 Å². The molecule has 3 aromatic rings. The Morgan fingerprint density at radius 1 is 1.23 bits per heavy atom. The number of fused-ring (bicyclic) bond motifs is 1. The average molecular weight is 448 g/mol. The van der Waals surface area contributed by atoms with Gasteiger partial charge in [0.1, 0.15) is 27.2 Å². The maximum absolute atomic E-state index is 14.7. The second-order valence-corrected chi connectivity index (χ2v) is 10.6. The highest BCUT2D eigenvalue weighted by Crippen LogP contribution is 2.38. The van der Waals surface area contributed by atoms with Crippen molar-refractivity contribution in [3.05, 3.63) is 59.1 Å². The fourth-order valence-corrected chi connectivity index (χ4v) is 5.39. The molecular weight excluding hydrogens is 429 g/mol. The highest BCUT2D eigenvalue weighted by molar-refractivity contribution is 7.93. The number of benzene rings is 1. The van der Waals surface area contributed by atoms with Crippen molar-refractivity contribution in [1.82, 2.24) is 9.97 Å². The van der Waals surface area contributed by atoms with Crippen molar-refractivity contribution >= 4 is 49.7 Å². The van der Waals surface area contributed by atoms with Gasteiger partial charge in [0, 0.05) is 29.0 Å². The van der Waals surface area contributed by atoms with Gasteiger partial charge in [0.25, 0.3) is 0 Å². The summed E-state index contributed by atoms with van der Waals surface area (Å²) >= 11 is 5.99. The Hall–Kier alpha value is -2.78. The summed E-state index contributed by atoms with van der Waals surface area (Å²) in [7, 11) is -3.82. The lowest BCUT2D eigenvalue weighted by molar-refractivity contribution is 0.546. The van der Waals surface area contributed by atoms with E-state index in [0.717, 1.165) is 5.39 Å². The molecule has 0 saturated carbocycles. The van der Waals surface area contributed by atoms with Crippen LogP contribution in [0.1, 0.15) is 24.7 Å². The number of pyridine rings is 2. The van der Waals surface area contributed by atoms with E-state index < -0.39 is 25.7 Å². The van der Waals surface area contributed by atoms with Crippen LogP contribution in [0, 0.1) is 5.82 Å². The summed E-state index contributed by atoms with van der Waals surface area (Å²) in [5.41, 5.74) is 6.88. The molecule has 0 amide bonds. The number of nitrogens with one attached hydrogen (secondary N) is 1. The minimum absolute atomic E-state index is 0.0260. The summed E-state index contributed by atoms with van der Waals surface area (Å²) in [6, 6.07) is 7.71. The van der Waals surface area contributed by atoms with Gasteiger partial charge in [-0.1, -0.05) is 11.6 Å². The number of amidine groups is 1. The van der Waals surface area contributed by atoms with Crippen LogP contribution in [0.25, 0.3) is 10.9 Å². The first kappa shape index (κ1) is 20.5. The molecule has 1 atom stereocenters. The molecule has 7 nitrogen and oxygen atoms in total. The van der Waals surface area contributed by atoms with Gasteiger partial charge in [0.15, 0.2) is 15.7 Å². The molecule has 0 spiro atoms. The third kappa shape index (κ3) is 3.27. The van der Waals surface area contributed by atoms with Crippen LogP contribution in [0.4, 0.5) is 15.9 Å². The number of sulfone groups is 1. The Labute approximate surface area is 178 Å². The molecule has 1 aromatic carbocycles. The Morgan fingerprint density at radius 2 is 2.00 bits per heavy atom. The van der Waals surface area contributed by atoms with Gasteiger partial charge < -0.3 is 11.1 Å². The van der Waals surface area contributed by atoms with Crippen LogP contribution in [0.15, 0.2) is 47.7 Å². The fraction of sp³-hybridized carbons (Fsp3) is 0.250. The molecule has 3 heterocycles. The second kappa shape index (κ2) is 7.17. The van der Waals surface area contributed by atoms with Gasteiger partial charge in [-0.2, -0.15) is 0 Å². The normalized spacial score (nSPS) is 20.0. The Morgan fingerprint density at radius 3 is 2.77 bits per heavy atom. The molecule has 0 radical (unpaired) electrons. The molecular formula is C20H19ClFN5O2S. The highest BCUT2D eigenvalue weighted by atomic mass is 35.5. The van der Waals surface area contributed by atoms with Crippen molar-refractivity contribution in [2.45, 2.75) is 23.8 Å². The monoisotopic (exact) mass is 447 g/mol. The van der Waals surface area contributed by atoms with Crippen molar-refractivity contribution in [2.75, 3.05) is 11.9 Å². The molecule has 2 aromatic heterocycles. The summed E-state index contributed by atoms with van der Waals surface area (Å²) in [6.07, 6.45) is 3.10. The molecule has 3 N–H and O–H groups in total. The average Bonchev–Trinajstić information content (AvgIpc) is 2.68. The van der Waals surface area contributed by atoms with E-state index in [4.69, 9.17) is 17.3 Å². The van der Waals surface area contributed by atoms with Crippen molar-refractivity contribution in [3.8, 4) is 0 Å². The van der Waals surface area contributed by atoms with E-state index in [1.807, 2.05) is 0 Å². The van der Waals surface area contributed by atoms with Crippen molar-refractivity contribution in [1.29, 1.82) is 0 Å². The van der Waals surface area contributed by atoms with Gasteiger partial charge in [0.05, 0.1) is 11.6 Å². The number of aliphatic imine (C=N–C) groups is 1. The fourth-order valence-electron chi connectivity index (χ4n) is 3.37. The second-order valence-electron chi connectivity index (χ2n) is 7.52. The first-order valence-corrected chi connectivity index (χ1v) is 11.0. The van der Waals surface area contributed by atoms with Crippen LogP contribution in [-0.4, -0.2) is 35.5 Å². The van der Waals surface area contributed by atoms with E-state index >= 15 is 0 Å². The molecule has 10 heteroatoms. The molecule has 0 aliphatic carbocycles. The van der Waals surface area contributed by atoms with E-state index in [-0.39, 0.29) is 17.9 Å². The minimum atomic E-state index is -3.82. The minimum Gasteiger partial charge on any atom is -0.386 e. The number of rotatable bonds is 3. The summed E-state index contributed by atoms with van der Waals surface area (Å²) in [6.45, 7) is 2.82. The van der Waals surface area contributed by atoms with E-state index in [2.05, 4.69) is 20.3 Å². The standard InChI is InChI=1S/C20H19ClFN5O2S/c1-20(2)19(23)26-10-16(30(20,28)29)14-8-13(3-4-15(14)22)27-18-17-11(5-6-24-18)7-12(21)9-25-17/h3-9,16H,10H2,1-2H3,(H2,23,26)(H,24,27)/t16-/m1/s1. The summed E-state index contributed by atoms with van der Waals surface area (Å²) in [5.74, 6) is -0.162. The lowest BCUT2D eigenvalue weighted by Crippen LogP contribution is -2.51. The van der Waals surface area contributed by atoms with Crippen LogP contribution in [0.5, 0.6) is 0 Å². The molecule has 0 fully saturated rings. The maximum atomic E-state index is 14.7. The van der Waals surface area contributed by atoms with Gasteiger partial charge in [-0.3, -0.25) is 9.98 Å². The molecule has 4 rings (SSSR count). The number of aromatic nitrogens is 2. The van der Waals surface area contributed by atoms with Crippen molar-refractivity contribution in [2.24, 2.45) is 10.7 Å². The zero-order valence-electron chi connectivity index (χ0n) is 16.2. The molecule has 156 valence electrons. The summed E-state index contributed by atoms with van der Waals surface area (Å²) in [5, 5.41) is 3.23. The number of nitrogens with two attached hydrogens (primary N) is 1. The Balaban J connectivity index is 1.75. The zero-order chi connectivity index (χ0) is 21.7. The van der Waals surface area contributed by atoms with Gasteiger partial charge in [0.2, 0.25) is 0 Å². The lowest BCUT2D eigenvalue weighted by Gasteiger charge is -2.33. The predicted octanol–water partition coefficient (Wildman–Crippen LogP) is 3.77. The van der Waals surface area contributed by atoms with Crippen molar-refractivity contribution < 1.29 is 12.8 Å². The highest BCUT2D eigenvalue weighted by Gasteiger charge is 2.47. The predicted molar refractivity (Wildman–Crippen MR) is 116 cm³/mol. The third-order valence-corrected chi connectivity index (χ3v) is 8.29. The molecule has 1 aliphatic rings. The van der Waals surface area contributed by atoms with Gasteiger partial charge >= 0.3 is 0 Å². The van der Waals surface area contributed by atoms with Crippen molar-refractivity contribution in [3.63, 3.8) is 0 Å². The smallest absolute Gasteiger partial charge is 0.171 e. The number of anilines is 2. The Bertz CT molecular complexity index is 1290. The van der Waals surface area contributed by atoms with Crippen LogP contribution < -0.4 is 11.1 Å². The summed E-state index contributed by atoms with van der Waals surface area (Å²) < 4.78 is 39.5. The maximum Gasteiger partial charge on any atom is 0.171 e. The SMILES string of the molecule is CC1(C)C(N)=NC[C@H](c2cc(Nc3nccc4cc(Cl)cnc34)ccc2F)S1(=O)=O. The van der Waals surface area contributed by atoms with E-state index in [1.165, 1.54) is 38.2 Å². The lowest BCUT2D eigenvalue weighted by atomic mass is 10.1. The first-order chi connectivity index (χ1) is 14.1. The van der Waals surface area contributed by atoms with Gasteiger partial charge in [-0.05, 0) is 44.2 Å². The van der Waals surface area contributed by atoms with Gasteiger partial charge in [-0.15, -0.1) is 0 Å². The number of halogens is 2. The zero-order valence-corrected chi connectivity index (χ0v) is 17.8. The molecule has 30 heavy (non-hydrogen) atoms. The Kier molecular flexibility index (Phi) is 4.90. The van der Waals surface area contributed by atoms with Crippen LogP contribution in [-0.2, 0) is 9.84 Å². The number of nitrogens with zero attached hydrogens (tertiary/aromatic N) is 3. The van der Waals surface area contributed by atoms with E-state index in [0.29, 0.717) is 22.0 Å². The first-order valence-electron chi connectivity index (χ1n) is 9.12. The quantitative estimate of drug-likeness (QED) is 0.632. The van der Waals surface area contributed by atoms with Crippen LogP contribution >= 0.6 is 11.6 Å². The molecule has 0 saturated heterocycles. The van der Waals surface area contributed by atoms with Gasteiger partial charge in [-0.25, -0.2) is 17.8 Å². The molecule has 0 bridgehead atoms. The number of hydrogen-bond donors (Lipinski definition) is 2. The van der Waals surface area contributed by atoms with Crippen LogP contribution in [0.3, 0.4) is 0 Å².